The number of aromatic nitrogens is 1. The molecule has 8 nitrogen and oxygen atoms in total. The molecule has 0 spiro atoms. The number of ether oxygens (including phenoxy) is 1. The van der Waals surface area contributed by atoms with Crippen molar-refractivity contribution in [2.24, 2.45) is 5.10 Å². The Morgan fingerprint density at radius 3 is 2.31 bits per heavy atom. The molecule has 0 unspecified atom stereocenters. The van der Waals surface area contributed by atoms with E-state index in [1.54, 1.807) is 42.5 Å². The summed E-state index contributed by atoms with van der Waals surface area (Å²) in [6.07, 6.45) is 2.54. The van der Waals surface area contributed by atoms with Crippen molar-refractivity contribution < 1.29 is 17.9 Å². The fourth-order valence-electron chi connectivity index (χ4n) is 3.60. The van der Waals surface area contributed by atoms with Gasteiger partial charge in [0.05, 0.1) is 24.8 Å². The predicted octanol–water partition coefficient (Wildman–Crippen LogP) is 4.72. The summed E-state index contributed by atoms with van der Waals surface area (Å²) in [5.74, 6) is 0.0207. The van der Waals surface area contributed by atoms with Gasteiger partial charge in [-0.1, -0.05) is 23.2 Å². The number of nitrogens with zero attached hydrogens (tertiary/aromatic N) is 3. The van der Waals surface area contributed by atoms with Crippen LogP contribution in [0.15, 0.2) is 53.6 Å². The molecule has 0 saturated heterocycles. The van der Waals surface area contributed by atoms with Crippen molar-refractivity contribution in [1.29, 1.82) is 0 Å². The van der Waals surface area contributed by atoms with E-state index in [0.29, 0.717) is 28.1 Å². The summed E-state index contributed by atoms with van der Waals surface area (Å²) in [4.78, 5) is 12.5. The van der Waals surface area contributed by atoms with Crippen molar-refractivity contribution in [3.8, 4) is 11.4 Å². The van der Waals surface area contributed by atoms with Gasteiger partial charge >= 0.3 is 0 Å². The van der Waals surface area contributed by atoms with Crippen LogP contribution in [0.4, 0.5) is 5.69 Å². The highest BCUT2D eigenvalue weighted by molar-refractivity contribution is 7.92. The van der Waals surface area contributed by atoms with Crippen LogP contribution in [-0.4, -0.2) is 44.5 Å². The van der Waals surface area contributed by atoms with E-state index in [1.807, 2.05) is 31.4 Å². The average molecular weight is 537 g/mol. The summed E-state index contributed by atoms with van der Waals surface area (Å²) < 4.78 is 32.9. The van der Waals surface area contributed by atoms with Crippen LogP contribution >= 0.6 is 23.2 Å². The van der Waals surface area contributed by atoms with Gasteiger partial charge < -0.3 is 9.30 Å². The third-order valence-electron chi connectivity index (χ3n) is 5.09. The second kappa shape index (κ2) is 11.2. The lowest BCUT2D eigenvalue weighted by Gasteiger charge is -2.21. The van der Waals surface area contributed by atoms with Gasteiger partial charge in [-0.2, -0.15) is 5.10 Å². The molecule has 35 heavy (non-hydrogen) atoms. The number of rotatable bonds is 9. The highest BCUT2D eigenvalue weighted by atomic mass is 35.5. The first kappa shape index (κ1) is 26.6. The number of hydrazone groups is 1. The van der Waals surface area contributed by atoms with Crippen LogP contribution in [0.1, 0.15) is 23.9 Å². The van der Waals surface area contributed by atoms with Gasteiger partial charge in [0.25, 0.3) is 5.91 Å². The first-order valence-electron chi connectivity index (χ1n) is 10.7. The Kier molecular flexibility index (Phi) is 8.47. The molecule has 1 amide bonds. The Balaban J connectivity index is 1.73. The van der Waals surface area contributed by atoms with Crippen LogP contribution in [0.25, 0.3) is 5.69 Å². The fraction of sp³-hybridized carbons (Fsp3) is 0.250. The van der Waals surface area contributed by atoms with E-state index in [4.69, 9.17) is 27.9 Å². The van der Waals surface area contributed by atoms with Gasteiger partial charge in [0.15, 0.2) is 0 Å². The Hall–Kier alpha value is -3.01. The second-order valence-electron chi connectivity index (χ2n) is 7.78. The maximum Gasteiger partial charge on any atom is 0.260 e. The highest BCUT2D eigenvalue weighted by Gasteiger charge is 2.21. The Morgan fingerprint density at radius 2 is 1.74 bits per heavy atom. The summed E-state index contributed by atoms with van der Waals surface area (Å²) in [7, 11) is -3.71. The number of benzene rings is 2. The molecule has 2 aromatic carbocycles. The van der Waals surface area contributed by atoms with E-state index in [2.05, 4.69) is 10.5 Å². The van der Waals surface area contributed by atoms with Crippen molar-refractivity contribution in [3.05, 3.63) is 75.5 Å². The molecule has 3 rings (SSSR count). The molecule has 0 aliphatic rings. The minimum atomic E-state index is -3.71. The number of nitrogens with one attached hydrogen (secondary N) is 1. The third-order valence-corrected chi connectivity index (χ3v) is 6.67. The summed E-state index contributed by atoms with van der Waals surface area (Å²) in [5, 5.41) is 5.06. The van der Waals surface area contributed by atoms with Crippen molar-refractivity contribution >= 4 is 51.0 Å². The van der Waals surface area contributed by atoms with E-state index in [1.165, 1.54) is 6.21 Å². The smallest absolute Gasteiger partial charge is 0.260 e. The average Bonchev–Trinajstić information content (AvgIpc) is 3.04. The van der Waals surface area contributed by atoms with Crippen LogP contribution in [0.3, 0.4) is 0 Å². The number of carbonyl (C=O) groups excluding carboxylic acids is 1. The number of hydrogen-bond acceptors (Lipinski definition) is 5. The van der Waals surface area contributed by atoms with E-state index in [0.717, 1.165) is 33.2 Å². The van der Waals surface area contributed by atoms with Gasteiger partial charge in [-0.05, 0) is 69.3 Å². The van der Waals surface area contributed by atoms with E-state index < -0.39 is 22.5 Å². The van der Waals surface area contributed by atoms with Crippen molar-refractivity contribution in [2.75, 3.05) is 23.7 Å². The van der Waals surface area contributed by atoms with Gasteiger partial charge in [-0.15, -0.1) is 0 Å². The molecular formula is C24H26Cl2N4O4S. The minimum absolute atomic E-state index is 0.346. The lowest BCUT2D eigenvalue weighted by molar-refractivity contribution is -0.119. The summed E-state index contributed by atoms with van der Waals surface area (Å²) in [6, 6.07) is 13.6. The Bertz CT molecular complexity index is 1330. The van der Waals surface area contributed by atoms with Gasteiger partial charge in [-0.3, -0.25) is 9.10 Å². The number of hydrogen-bond donors (Lipinski definition) is 1. The number of anilines is 1. The molecule has 1 aromatic heterocycles. The van der Waals surface area contributed by atoms with Crippen LogP contribution in [0.2, 0.25) is 10.0 Å². The standard InChI is InChI=1S/C24H26Cl2N4O4S/c1-5-34-23-8-6-21(7-9-23)29(35(4,32)33)15-24(31)28-27-14-18-10-16(2)30(17(18)3)22-12-19(25)11-20(26)13-22/h6-14H,5,15H2,1-4H3,(H,28,31)/b27-14-. The molecule has 0 atom stereocenters. The van der Waals surface area contributed by atoms with Gasteiger partial charge in [-0.25, -0.2) is 13.8 Å². The van der Waals surface area contributed by atoms with Crippen molar-refractivity contribution in [2.45, 2.75) is 20.8 Å². The fourth-order valence-corrected chi connectivity index (χ4v) is 4.97. The van der Waals surface area contributed by atoms with Crippen LogP contribution < -0.4 is 14.5 Å². The van der Waals surface area contributed by atoms with Crippen LogP contribution in [-0.2, 0) is 14.8 Å². The number of amides is 1. The number of sulfonamides is 1. The summed E-state index contributed by atoms with van der Waals surface area (Å²) in [6.45, 7) is 5.75. The maximum absolute atomic E-state index is 12.5. The first-order valence-corrected chi connectivity index (χ1v) is 13.3. The van der Waals surface area contributed by atoms with Crippen molar-refractivity contribution in [3.63, 3.8) is 0 Å². The Labute approximate surface area is 215 Å². The molecule has 1 N–H and O–H groups in total. The molecule has 0 saturated carbocycles. The van der Waals surface area contributed by atoms with E-state index in [9.17, 15) is 13.2 Å². The van der Waals surface area contributed by atoms with E-state index in [-0.39, 0.29) is 0 Å². The molecule has 11 heteroatoms. The van der Waals surface area contributed by atoms with Gasteiger partial charge in [0, 0.05) is 32.7 Å². The topological polar surface area (TPSA) is 93.0 Å². The largest absolute Gasteiger partial charge is 0.494 e. The molecule has 0 aliphatic carbocycles. The molecular weight excluding hydrogens is 511 g/mol. The van der Waals surface area contributed by atoms with Crippen LogP contribution in [0, 0.1) is 13.8 Å². The monoisotopic (exact) mass is 536 g/mol. The molecule has 186 valence electrons. The number of halogens is 2. The zero-order valence-electron chi connectivity index (χ0n) is 19.7. The summed E-state index contributed by atoms with van der Waals surface area (Å²) >= 11 is 12.3. The Morgan fingerprint density at radius 1 is 1.11 bits per heavy atom. The zero-order chi connectivity index (χ0) is 25.8. The normalized spacial score (nSPS) is 11.6. The molecule has 0 bridgehead atoms. The molecule has 0 fully saturated rings. The van der Waals surface area contributed by atoms with Crippen LogP contribution in [0.5, 0.6) is 5.75 Å². The second-order valence-corrected chi connectivity index (χ2v) is 10.6. The first-order chi connectivity index (χ1) is 16.5. The number of carbonyl (C=O) groups is 1. The molecule has 0 aliphatic heterocycles. The molecule has 3 aromatic rings. The summed E-state index contributed by atoms with van der Waals surface area (Å²) in [5.41, 5.74) is 6.11. The number of aryl methyl sites for hydroxylation is 1. The predicted molar refractivity (Wildman–Crippen MR) is 141 cm³/mol. The van der Waals surface area contributed by atoms with Gasteiger partial charge in [0.1, 0.15) is 12.3 Å². The third kappa shape index (κ3) is 6.78. The van der Waals surface area contributed by atoms with Gasteiger partial charge in [0.2, 0.25) is 10.0 Å². The highest BCUT2D eigenvalue weighted by Crippen LogP contribution is 2.26. The lowest BCUT2D eigenvalue weighted by atomic mass is 10.2. The zero-order valence-corrected chi connectivity index (χ0v) is 22.1. The van der Waals surface area contributed by atoms with E-state index >= 15 is 0 Å². The molecule has 1 heterocycles. The molecule has 0 radical (unpaired) electrons. The van der Waals surface area contributed by atoms with Crippen molar-refractivity contribution in [1.82, 2.24) is 9.99 Å². The quantitative estimate of drug-likeness (QED) is 0.316. The minimum Gasteiger partial charge on any atom is -0.494 e. The lowest BCUT2D eigenvalue weighted by Crippen LogP contribution is -2.39. The maximum atomic E-state index is 12.5. The SMILES string of the molecule is CCOc1ccc(N(CC(=O)N/N=C\c2cc(C)n(-c3cc(Cl)cc(Cl)c3)c2C)S(C)(=O)=O)cc1.